The van der Waals surface area contributed by atoms with Gasteiger partial charge in [-0.1, -0.05) is 0 Å². The molecule has 1 aromatic rings. The number of nitrogens with zero attached hydrogens (tertiary/aromatic N) is 2. The average molecular weight is 377 g/mol. The van der Waals surface area contributed by atoms with Crippen LogP contribution >= 0.6 is 22.6 Å². The smallest absolute Gasteiger partial charge is 0.325 e. The van der Waals surface area contributed by atoms with Crippen LogP contribution in [0.25, 0.3) is 0 Å². The summed E-state index contributed by atoms with van der Waals surface area (Å²) in [6.45, 7) is 0.466. The molecule has 1 heterocycles. The normalized spacial score (nSPS) is 22.5. The predicted molar refractivity (Wildman–Crippen MR) is 77.2 cm³/mol. The molecule has 0 aromatic heterocycles. The van der Waals surface area contributed by atoms with Crippen LogP contribution < -0.4 is 10.6 Å². The van der Waals surface area contributed by atoms with Crippen LogP contribution in [0.3, 0.4) is 0 Å². The van der Waals surface area contributed by atoms with Crippen LogP contribution in [-0.4, -0.2) is 34.6 Å². The van der Waals surface area contributed by atoms with Crippen molar-refractivity contribution >= 4 is 39.9 Å². The molecule has 1 aliphatic heterocycles. The van der Waals surface area contributed by atoms with Crippen LogP contribution in [0, 0.1) is 13.7 Å². The molecule has 1 aromatic carbocycles. The van der Waals surface area contributed by atoms with Crippen molar-refractivity contribution < 1.29 is 14.8 Å². The fourth-order valence-electron chi connectivity index (χ4n) is 2.12. The molecule has 19 heavy (non-hydrogen) atoms. The van der Waals surface area contributed by atoms with Crippen molar-refractivity contribution in [1.29, 1.82) is 0 Å². The molecule has 1 fully saturated rings. The number of hydrogen-bond acceptors (Lipinski definition) is 5. The van der Waals surface area contributed by atoms with Gasteiger partial charge in [0.15, 0.2) is 0 Å². The predicted octanol–water partition coefficient (Wildman–Crippen LogP) is 1.19. The zero-order valence-corrected chi connectivity index (χ0v) is 12.0. The molecule has 1 aliphatic rings. The topological polar surface area (TPSA) is 110 Å². The molecule has 0 bridgehead atoms. The Morgan fingerprint density at radius 1 is 1.58 bits per heavy atom. The van der Waals surface area contributed by atoms with Crippen LogP contribution in [0.4, 0.5) is 11.4 Å². The highest BCUT2D eigenvalue weighted by atomic mass is 127. The van der Waals surface area contributed by atoms with Gasteiger partial charge in [-0.05, 0) is 41.1 Å². The Balaban J connectivity index is 2.34. The number of benzene rings is 1. The number of halogens is 1. The molecular formula is C11H12IN3O4. The summed E-state index contributed by atoms with van der Waals surface area (Å²) in [7, 11) is 0. The standard InChI is InChI=1S/C11H12IN3O4/c12-7-1-2-8(9(5-7)15(18)19)14-4-3-11(13,6-14)10(16)17/h1-2,5H,3-4,6,13H2,(H,16,17). The van der Waals surface area contributed by atoms with Crippen molar-refractivity contribution in [2.75, 3.05) is 18.0 Å². The third kappa shape index (κ3) is 2.63. The number of aliphatic carboxylic acids is 1. The summed E-state index contributed by atoms with van der Waals surface area (Å²) in [5.41, 5.74) is 4.83. The summed E-state index contributed by atoms with van der Waals surface area (Å²) >= 11 is 1.99. The van der Waals surface area contributed by atoms with Gasteiger partial charge in [0.2, 0.25) is 0 Å². The van der Waals surface area contributed by atoms with Crippen molar-refractivity contribution in [2.45, 2.75) is 12.0 Å². The number of carboxylic acid groups (broad SMARTS) is 1. The second kappa shape index (κ2) is 4.93. The third-order valence-electron chi connectivity index (χ3n) is 3.20. The molecule has 0 aliphatic carbocycles. The zero-order chi connectivity index (χ0) is 14.2. The van der Waals surface area contributed by atoms with E-state index in [1.165, 1.54) is 6.07 Å². The lowest BCUT2D eigenvalue weighted by atomic mass is 10.0. The molecule has 102 valence electrons. The van der Waals surface area contributed by atoms with E-state index in [4.69, 9.17) is 10.8 Å². The van der Waals surface area contributed by atoms with Gasteiger partial charge in [-0.3, -0.25) is 14.9 Å². The Bertz CT molecular complexity index is 551. The lowest BCUT2D eigenvalue weighted by Gasteiger charge is -2.21. The maximum Gasteiger partial charge on any atom is 0.325 e. The highest BCUT2D eigenvalue weighted by molar-refractivity contribution is 14.1. The summed E-state index contributed by atoms with van der Waals surface area (Å²) in [4.78, 5) is 23.3. The van der Waals surface area contributed by atoms with Gasteiger partial charge < -0.3 is 15.7 Å². The number of nitro groups is 1. The number of nitro benzene ring substituents is 1. The van der Waals surface area contributed by atoms with E-state index < -0.39 is 16.4 Å². The largest absolute Gasteiger partial charge is 0.480 e. The van der Waals surface area contributed by atoms with Gasteiger partial charge >= 0.3 is 5.97 Å². The van der Waals surface area contributed by atoms with Gasteiger partial charge in [-0.15, -0.1) is 0 Å². The Morgan fingerprint density at radius 3 is 2.79 bits per heavy atom. The first-order valence-electron chi connectivity index (χ1n) is 5.55. The van der Waals surface area contributed by atoms with Gasteiger partial charge in [-0.2, -0.15) is 0 Å². The molecule has 0 saturated carbocycles. The highest BCUT2D eigenvalue weighted by Gasteiger charge is 2.42. The maximum atomic E-state index is 11.1. The van der Waals surface area contributed by atoms with Crippen LogP contribution in [-0.2, 0) is 4.79 Å². The maximum absolute atomic E-state index is 11.1. The minimum Gasteiger partial charge on any atom is -0.480 e. The van der Waals surface area contributed by atoms with E-state index >= 15 is 0 Å². The zero-order valence-electron chi connectivity index (χ0n) is 9.88. The molecular weight excluding hydrogens is 365 g/mol. The summed E-state index contributed by atoms with van der Waals surface area (Å²) in [6.07, 6.45) is 0.269. The summed E-state index contributed by atoms with van der Waals surface area (Å²) in [5.74, 6) is -1.08. The molecule has 1 saturated heterocycles. The molecule has 7 nitrogen and oxygen atoms in total. The second-order valence-corrected chi connectivity index (χ2v) is 5.77. The number of nitrogens with two attached hydrogens (primary N) is 1. The lowest BCUT2D eigenvalue weighted by Crippen LogP contribution is -2.50. The number of rotatable bonds is 3. The summed E-state index contributed by atoms with van der Waals surface area (Å²) in [6, 6.07) is 4.85. The van der Waals surface area contributed by atoms with Gasteiger partial charge in [-0.25, -0.2) is 0 Å². The Labute approximate surface area is 122 Å². The molecule has 0 amide bonds. The first kappa shape index (κ1) is 14.0. The SMILES string of the molecule is NC1(C(=O)O)CCN(c2ccc(I)cc2[N+](=O)[O-])C1. The molecule has 0 radical (unpaired) electrons. The average Bonchev–Trinajstić information content (AvgIpc) is 2.73. The van der Waals surface area contributed by atoms with Crippen molar-refractivity contribution in [3.8, 4) is 0 Å². The van der Waals surface area contributed by atoms with Gasteiger partial charge in [0.25, 0.3) is 5.69 Å². The van der Waals surface area contributed by atoms with E-state index in [1.807, 2.05) is 22.6 Å². The molecule has 1 atom stereocenters. The first-order valence-corrected chi connectivity index (χ1v) is 6.62. The first-order chi connectivity index (χ1) is 8.83. The molecule has 0 spiro atoms. The Morgan fingerprint density at radius 2 is 2.26 bits per heavy atom. The number of hydrogen-bond donors (Lipinski definition) is 2. The van der Waals surface area contributed by atoms with Gasteiger partial charge in [0, 0.05) is 22.7 Å². The Hall–Kier alpha value is -1.42. The minimum absolute atomic E-state index is 0.0264. The minimum atomic E-state index is -1.34. The Kier molecular flexibility index (Phi) is 3.63. The van der Waals surface area contributed by atoms with Crippen molar-refractivity contribution in [2.24, 2.45) is 5.73 Å². The molecule has 1 unspecified atom stereocenters. The van der Waals surface area contributed by atoms with E-state index in [9.17, 15) is 14.9 Å². The second-order valence-electron chi connectivity index (χ2n) is 4.52. The number of carbonyl (C=O) groups is 1. The van der Waals surface area contributed by atoms with Crippen LogP contribution in [0.15, 0.2) is 18.2 Å². The van der Waals surface area contributed by atoms with Crippen LogP contribution in [0.5, 0.6) is 0 Å². The third-order valence-corrected chi connectivity index (χ3v) is 3.87. The van der Waals surface area contributed by atoms with E-state index in [-0.39, 0.29) is 18.7 Å². The highest BCUT2D eigenvalue weighted by Crippen LogP contribution is 2.34. The summed E-state index contributed by atoms with van der Waals surface area (Å²) < 4.78 is 0.754. The van der Waals surface area contributed by atoms with E-state index in [0.29, 0.717) is 12.2 Å². The molecule has 3 N–H and O–H groups in total. The molecule has 8 heteroatoms. The van der Waals surface area contributed by atoms with Crippen LogP contribution in [0.2, 0.25) is 0 Å². The van der Waals surface area contributed by atoms with Crippen LogP contribution in [0.1, 0.15) is 6.42 Å². The van der Waals surface area contributed by atoms with Crippen molar-refractivity contribution in [1.82, 2.24) is 0 Å². The van der Waals surface area contributed by atoms with Gasteiger partial charge in [0.05, 0.1) is 4.92 Å². The van der Waals surface area contributed by atoms with E-state index in [2.05, 4.69) is 0 Å². The van der Waals surface area contributed by atoms with Crippen molar-refractivity contribution in [3.63, 3.8) is 0 Å². The number of carboxylic acids is 1. The molecule has 2 rings (SSSR count). The van der Waals surface area contributed by atoms with E-state index in [0.717, 1.165) is 3.57 Å². The van der Waals surface area contributed by atoms with Crippen molar-refractivity contribution in [3.05, 3.63) is 31.9 Å². The number of anilines is 1. The quantitative estimate of drug-likeness (QED) is 0.465. The fourth-order valence-corrected chi connectivity index (χ4v) is 2.60. The lowest BCUT2D eigenvalue weighted by molar-refractivity contribution is -0.384. The monoisotopic (exact) mass is 377 g/mol. The summed E-state index contributed by atoms with van der Waals surface area (Å²) in [5, 5.41) is 20.1. The fraction of sp³-hybridized carbons (Fsp3) is 0.364. The van der Waals surface area contributed by atoms with Gasteiger partial charge in [0.1, 0.15) is 11.2 Å². The van der Waals surface area contributed by atoms with E-state index in [1.54, 1.807) is 17.0 Å².